The van der Waals surface area contributed by atoms with E-state index in [0.717, 1.165) is 18.5 Å². The van der Waals surface area contributed by atoms with Crippen molar-refractivity contribution in [3.63, 3.8) is 0 Å². The summed E-state index contributed by atoms with van der Waals surface area (Å²) in [6.45, 7) is 4.11. The molecule has 6 nitrogen and oxygen atoms in total. The molecular weight excluding hydrogens is 332 g/mol. The molecule has 1 aliphatic rings. The Morgan fingerprint density at radius 3 is 2.35 bits per heavy atom. The van der Waals surface area contributed by atoms with Gasteiger partial charge in [-0.1, -0.05) is 6.42 Å². The Kier molecular flexibility index (Phi) is 8.28. The van der Waals surface area contributed by atoms with E-state index in [1.165, 1.54) is 38.4 Å². The van der Waals surface area contributed by atoms with Gasteiger partial charge in [0.25, 0.3) is 0 Å². The minimum atomic E-state index is -0.111. The van der Waals surface area contributed by atoms with Gasteiger partial charge < -0.3 is 24.4 Å². The number of hydrogen-bond acceptors (Lipinski definition) is 5. The molecule has 0 saturated carbocycles. The average Bonchev–Trinajstić information content (AvgIpc) is 2.69. The molecule has 0 radical (unpaired) electrons. The molecule has 0 bridgehead atoms. The number of amides is 1. The van der Waals surface area contributed by atoms with Gasteiger partial charge in [-0.05, 0) is 51.0 Å². The molecule has 1 aromatic rings. The van der Waals surface area contributed by atoms with Crippen LogP contribution < -0.4 is 19.5 Å². The SMILES string of the molecule is COc1cc(OC)c(OC)cc1/C=C/C(=O)NCCCN1CCCCC1. The first-order valence-corrected chi connectivity index (χ1v) is 9.16. The highest BCUT2D eigenvalue weighted by Gasteiger charge is 2.11. The van der Waals surface area contributed by atoms with E-state index in [-0.39, 0.29) is 5.91 Å². The summed E-state index contributed by atoms with van der Waals surface area (Å²) in [4.78, 5) is 14.5. The van der Waals surface area contributed by atoms with Gasteiger partial charge in [0.2, 0.25) is 5.91 Å². The van der Waals surface area contributed by atoms with Crippen LogP contribution in [0.4, 0.5) is 0 Å². The molecular formula is C20H30N2O4. The van der Waals surface area contributed by atoms with Crippen LogP contribution in [0.2, 0.25) is 0 Å². The second kappa shape index (κ2) is 10.7. The molecule has 26 heavy (non-hydrogen) atoms. The number of likely N-dealkylation sites (tertiary alicyclic amines) is 1. The number of ether oxygens (including phenoxy) is 3. The van der Waals surface area contributed by atoms with E-state index in [1.807, 2.05) is 0 Å². The van der Waals surface area contributed by atoms with Crippen LogP contribution in [0.5, 0.6) is 17.2 Å². The predicted octanol–water partition coefficient (Wildman–Crippen LogP) is 2.72. The van der Waals surface area contributed by atoms with Gasteiger partial charge in [-0.25, -0.2) is 0 Å². The lowest BCUT2D eigenvalue weighted by atomic mass is 10.1. The van der Waals surface area contributed by atoms with Crippen LogP contribution in [0.15, 0.2) is 18.2 Å². The second-order valence-electron chi connectivity index (χ2n) is 6.33. The van der Waals surface area contributed by atoms with Gasteiger partial charge in [-0.15, -0.1) is 0 Å². The fourth-order valence-electron chi connectivity index (χ4n) is 3.10. The maximum absolute atomic E-state index is 12.0. The van der Waals surface area contributed by atoms with E-state index in [0.29, 0.717) is 23.8 Å². The maximum Gasteiger partial charge on any atom is 0.244 e. The van der Waals surface area contributed by atoms with Crippen molar-refractivity contribution < 1.29 is 19.0 Å². The van der Waals surface area contributed by atoms with Gasteiger partial charge in [-0.2, -0.15) is 0 Å². The summed E-state index contributed by atoms with van der Waals surface area (Å²) in [5.41, 5.74) is 0.758. The average molecular weight is 362 g/mol. The van der Waals surface area contributed by atoms with E-state index in [9.17, 15) is 4.79 Å². The van der Waals surface area contributed by atoms with Crippen LogP contribution in [-0.4, -0.2) is 58.3 Å². The van der Waals surface area contributed by atoms with Crippen LogP contribution in [0.1, 0.15) is 31.2 Å². The largest absolute Gasteiger partial charge is 0.496 e. The molecule has 1 aliphatic heterocycles. The summed E-state index contributed by atoms with van der Waals surface area (Å²) >= 11 is 0. The highest BCUT2D eigenvalue weighted by atomic mass is 16.5. The molecule has 6 heteroatoms. The summed E-state index contributed by atoms with van der Waals surface area (Å²) in [6.07, 6.45) is 8.15. The maximum atomic E-state index is 12.0. The Morgan fingerprint density at radius 1 is 1.04 bits per heavy atom. The summed E-state index contributed by atoms with van der Waals surface area (Å²) in [7, 11) is 4.73. The zero-order chi connectivity index (χ0) is 18.8. The normalized spacial score (nSPS) is 15.0. The quantitative estimate of drug-likeness (QED) is 0.541. The highest BCUT2D eigenvalue weighted by Crippen LogP contribution is 2.35. The molecule has 0 aromatic heterocycles. The first kappa shape index (κ1) is 20.1. The summed E-state index contributed by atoms with van der Waals surface area (Å²) in [5, 5.41) is 2.93. The molecule has 1 amide bonds. The first-order chi connectivity index (χ1) is 12.7. The first-order valence-electron chi connectivity index (χ1n) is 9.16. The molecule has 144 valence electrons. The third kappa shape index (κ3) is 5.95. The van der Waals surface area contributed by atoms with Crippen molar-refractivity contribution in [3.8, 4) is 17.2 Å². The smallest absolute Gasteiger partial charge is 0.244 e. The summed E-state index contributed by atoms with van der Waals surface area (Å²) in [6, 6.07) is 3.53. The lowest BCUT2D eigenvalue weighted by Gasteiger charge is -2.26. The van der Waals surface area contributed by atoms with E-state index in [1.54, 1.807) is 39.5 Å². The Balaban J connectivity index is 1.84. The van der Waals surface area contributed by atoms with Crippen molar-refractivity contribution in [2.45, 2.75) is 25.7 Å². The van der Waals surface area contributed by atoms with Gasteiger partial charge in [0.05, 0.1) is 21.3 Å². The molecule has 0 unspecified atom stereocenters. The highest BCUT2D eigenvalue weighted by molar-refractivity contribution is 5.92. The molecule has 0 aliphatic carbocycles. The molecule has 1 heterocycles. The standard InChI is InChI=1S/C20H30N2O4/c1-24-17-15-19(26-3)18(25-2)14-16(17)8-9-20(23)21-10-7-13-22-11-5-4-6-12-22/h8-9,14-15H,4-7,10-13H2,1-3H3,(H,21,23)/b9-8+. The molecule has 1 N–H and O–H groups in total. The van der Waals surface area contributed by atoms with Crippen molar-refractivity contribution in [2.24, 2.45) is 0 Å². The van der Waals surface area contributed by atoms with Gasteiger partial charge in [0.1, 0.15) is 5.75 Å². The number of rotatable bonds is 9. The Bertz CT molecular complexity index is 610. The van der Waals surface area contributed by atoms with Gasteiger partial charge in [0.15, 0.2) is 11.5 Å². The monoisotopic (exact) mass is 362 g/mol. The Labute approximate surface area is 156 Å². The molecule has 0 spiro atoms. The zero-order valence-electron chi connectivity index (χ0n) is 16.0. The molecule has 1 fully saturated rings. The van der Waals surface area contributed by atoms with Gasteiger partial charge in [0, 0.05) is 24.3 Å². The second-order valence-corrected chi connectivity index (χ2v) is 6.33. The van der Waals surface area contributed by atoms with Gasteiger partial charge in [-0.3, -0.25) is 4.79 Å². The molecule has 0 atom stereocenters. The number of benzene rings is 1. The fraction of sp³-hybridized carbons (Fsp3) is 0.550. The minimum Gasteiger partial charge on any atom is -0.496 e. The van der Waals surface area contributed by atoms with Crippen LogP contribution in [-0.2, 0) is 4.79 Å². The van der Waals surface area contributed by atoms with Crippen LogP contribution in [0, 0.1) is 0 Å². The Hall–Kier alpha value is -2.21. The van der Waals surface area contributed by atoms with Crippen LogP contribution in [0.25, 0.3) is 6.08 Å². The number of nitrogens with one attached hydrogen (secondary N) is 1. The van der Waals surface area contributed by atoms with E-state index in [2.05, 4.69) is 10.2 Å². The van der Waals surface area contributed by atoms with E-state index < -0.39 is 0 Å². The number of carbonyl (C=O) groups is 1. The fourth-order valence-corrected chi connectivity index (χ4v) is 3.10. The molecule has 1 aromatic carbocycles. The van der Waals surface area contributed by atoms with Crippen LogP contribution >= 0.6 is 0 Å². The van der Waals surface area contributed by atoms with Crippen molar-refractivity contribution in [1.82, 2.24) is 10.2 Å². The molecule has 1 saturated heterocycles. The number of carbonyl (C=O) groups excluding carboxylic acids is 1. The van der Waals surface area contributed by atoms with Crippen molar-refractivity contribution >= 4 is 12.0 Å². The number of piperidine rings is 1. The lowest BCUT2D eigenvalue weighted by Crippen LogP contribution is -2.33. The van der Waals surface area contributed by atoms with Crippen LogP contribution in [0.3, 0.4) is 0 Å². The number of methoxy groups -OCH3 is 3. The molecule has 2 rings (SSSR count). The zero-order valence-corrected chi connectivity index (χ0v) is 16.0. The third-order valence-corrected chi connectivity index (χ3v) is 4.55. The van der Waals surface area contributed by atoms with Crippen molar-refractivity contribution in [3.05, 3.63) is 23.8 Å². The van der Waals surface area contributed by atoms with Gasteiger partial charge >= 0.3 is 0 Å². The van der Waals surface area contributed by atoms with E-state index in [4.69, 9.17) is 14.2 Å². The lowest BCUT2D eigenvalue weighted by molar-refractivity contribution is -0.116. The van der Waals surface area contributed by atoms with Crippen molar-refractivity contribution in [2.75, 3.05) is 47.5 Å². The number of nitrogens with zero attached hydrogens (tertiary/aromatic N) is 1. The predicted molar refractivity (Wildman–Crippen MR) is 103 cm³/mol. The topological polar surface area (TPSA) is 60.0 Å². The van der Waals surface area contributed by atoms with Crippen molar-refractivity contribution in [1.29, 1.82) is 0 Å². The third-order valence-electron chi connectivity index (χ3n) is 4.55. The Morgan fingerprint density at radius 2 is 1.69 bits per heavy atom. The summed E-state index contributed by atoms with van der Waals surface area (Å²) < 4.78 is 15.9. The number of hydrogen-bond donors (Lipinski definition) is 1. The summed E-state index contributed by atoms with van der Waals surface area (Å²) in [5.74, 6) is 1.69. The van der Waals surface area contributed by atoms with E-state index >= 15 is 0 Å². The minimum absolute atomic E-state index is 0.111.